The van der Waals surface area contributed by atoms with Gasteiger partial charge < -0.3 is 9.30 Å². The molecule has 5 nitrogen and oxygen atoms in total. The van der Waals surface area contributed by atoms with Gasteiger partial charge in [0.05, 0.1) is 28.4 Å². The molecule has 6 aliphatic heterocycles. The summed E-state index contributed by atoms with van der Waals surface area (Å²) in [6, 6.07) is 35.0. The molecule has 6 aliphatic rings. The minimum absolute atomic E-state index is 0.0569. The largest absolute Gasteiger partial charge is 0.404 e. The Morgan fingerprint density at radius 3 is 2.18 bits per heavy atom. The first-order chi connectivity index (χ1) is 24.0. The Kier molecular flexibility index (Phi) is 3.90. The van der Waals surface area contributed by atoms with Crippen LogP contribution >= 0.6 is 0 Å². The van der Waals surface area contributed by atoms with E-state index in [4.69, 9.17) is 4.74 Å². The third kappa shape index (κ3) is 2.36. The van der Waals surface area contributed by atoms with Gasteiger partial charge in [0.15, 0.2) is 11.4 Å². The fraction of sp³-hybridized carbons (Fsp3) is 0.244. The Balaban J connectivity index is 1.37. The lowest BCUT2D eigenvalue weighted by atomic mass is 9.64. The number of fused-ring (bicyclic) bond motifs is 5. The summed E-state index contributed by atoms with van der Waals surface area (Å²) in [5.74, 6) is 3.14. The standard InChI is InChI=1S/C45H36N4O/c1-42(2,3)23-21-33-31-18-17-29-41-47-39-26(12-10-13-27(39)44(29,6)7)43(4,5)28-16-19-32-36(40(28)47)45(49(31)41)37-34(50-35(22-23)48(33)45)20-15-25-24-11-8-9-14-30(24)46(32)38(25)37/h8-22H,1-7H3/q+2. The Hall–Kier alpha value is -5.42. The van der Waals surface area contributed by atoms with Gasteiger partial charge in [-0.1, -0.05) is 90.9 Å². The zero-order valence-electron chi connectivity index (χ0n) is 29.4. The highest BCUT2D eigenvalue weighted by Crippen LogP contribution is 2.67. The summed E-state index contributed by atoms with van der Waals surface area (Å²) >= 11 is 0. The van der Waals surface area contributed by atoms with Gasteiger partial charge in [0, 0.05) is 44.4 Å². The van der Waals surface area contributed by atoms with Gasteiger partial charge in [-0.05, 0) is 47.4 Å². The van der Waals surface area contributed by atoms with Crippen LogP contribution in [0.3, 0.4) is 0 Å². The van der Waals surface area contributed by atoms with Crippen molar-refractivity contribution in [1.29, 1.82) is 0 Å². The molecule has 3 aromatic heterocycles. The molecule has 0 N–H and O–H groups in total. The van der Waals surface area contributed by atoms with Gasteiger partial charge in [0.2, 0.25) is 5.69 Å². The number of hydrogen-bond acceptors (Lipinski definition) is 2. The van der Waals surface area contributed by atoms with Crippen LogP contribution in [0.25, 0.3) is 38.9 Å². The molecule has 1 spiro atoms. The first-order valence-corrected chi connectivity index (χ1v) is 18.0. The van der Waals surface area contributed by atoms with Gasteiger partial charge in [0.25, 0.3) is 11.5 Å². The van der Waals surface area contributed by atoms with Crippen molar-refractivity contribution in [2.45, 2.75) is 70.4 Å². The molecule has 0 amide bonds. The lowest BCUT2D eigenvalue weighted by Crippen LogP contribution is -2.76. The van der Waals surface area contributed by atoms with Crippen molar-refractivity contribution in [1.82, 2.24) is 4.57 Å². The average Bonchev–Trinajstić information content (AvgIpc) is 3.59. The molecule has 0 saturated heterocycles. The zero-order chi connectivity index (χ0) is 33.6. The summed E-state index contributed by atoms with van der Waals surface area (Å²) < 4.78 is 15.0. The molecule has 50 heavy (non-hydrogen) atoms. The minimum Gasteiger partial charge on any atom is -0.404 e. The molecule has 0 bridgehead atoms. The normalized spacial score (nSPS) is 20.4. The van der Waals surface area contributed by atoms with Crippen LogP contribution in [0.15, 0.2) is 91.0 Å². The van der Waals surface area contributed by atoms with Crippen LogP contribution in [0.2, 0.25) is 0 Å². The maximum Gasteiger partial charge on any atom is 0.378 e. The van der Waals surface area contributed by atoms with Crippen LogP contribution in [0.4, 0.5) is 17.2 Å². The Labute approximate surface area is 290 Å². The molecule has 4 aromatic carbocycles. The smallest absolute Gasteiger partial charge is 0.378 e. The molecule has 240 valence electrons. The number of para-hydroxylation sites is 2. The van der Waals surface area contributed by atoms with E-state index >= 15 is 0 Å². The molecule has 0 radical (unpaired) electrons. The second-order valence-electron chi connectivity index (χ2n) is 17.4. The highest BCUT2D eigenvalue weighted by molar-refractivity contribution is 6.13. The van der Waals surface area contributed by atoms with Gasteiger partial charge >= 0.3 is 11.5 Å². The maximum atomic E-state index is 7.17. The van der Waals surface area contributed by atoms with E-state index < -0.39 is 5.66 Å². The number of ether oxygens (including phenoxy) is 1. The van der Waals surface area contributed by atoms with Crippen molar-refractivity contribution < 1.29 is 13.9 Å². The van der Waals surface area contributed by atoms with Crippen molar-refractivity contribution in [3.05, 3.63) is 130 Å². The second kappa shape index (κ2) is 7.36. The summed E-state index contributed by atoms with van der Waals surface area (Å²) in [5, 5.41) is 2.55. The fourth-order valence-corrected chi connectivity index (χ4v) is 11.1. The SMILES string of the molecule is CC(C)(C)c1cc2[n+]3c(c1)-c1ccc4c5[n+]1C31c3c(ccc6c3N5c3c(cccc3C4(C)C)C6(C)C)-n3c4ccccc4c4ccc(c1c43)O2. The van der Waals surface area contributed by atoms with Crippen molar-refractivity contribution >= 4 is 39.0 Å². The van der Waals surface area contributed by atoms with Gasteiger partial charge in [-0.2, -0.15) is 4.90 Å². The van der Waals surface area contributed by atoms with Crippen molar-refractivity contribution in [2.24, 2.45) is 0 Å². The average molecular weight is 649 g/mol. The van der Waals surface area contributed by atoms with Gasteiger partial charge in [-0.3, -0.25) is 0 Å². The molecule has 13 rings (SSSR count). The van der Waals surface area contributed by atoms with E-state index in [0.29, 0.717) is 0 Å². The molecule has 1 atom stereocenters. The minimum atomic E-state index is -0.674. The summed E-state index contributed by atoms with van der Waals surface area (Å²) in [5.41, 5.74) is 17.1. The van der Waals surface area contributed by atoms with Crippen LogP contribution in [-0.4, -0.2) is 4.57 Å². The van der Waals surface area contributed by atoms with Crippen molar-refractivity contribution in [3.8, 4) is 28.7 Å². The Bertz CT molecular complexity index is 2880. The van der Waals surface area contributed by atoms with Crippen LogP contribution in [-0.2, 0) is 21.9 Å². The van der Waals surface area contributed by atoms with E-state index in [-0.39, 0.29) is 16.2 Å². The summed E-state index contributed by atoms with van der Waals surface area (Å²) in [6.07, 6.45) is 0. The van der Waals surface area contributed by atoms with Crippen LogP contribution in [0.5, 0.6) is 11.6 Å². The van der Waals surface area contributed by atoms with E-state index in [9.17, 15) is 0 Å². The number of aromatic nitrogens is 3. The molecule has 0 aliphatic carbocycles. The number of rotatable bonds is 0. The van der Waals surface area contributed by atoms with Gasteiger partial charge in [0.1, 0.15) is 16.8 Å². The van der Waals surface area contributed by atoms with E-state index in [1.165, 1.54) is 95.0 Å². The summed E-state index contributed by atoms with van der Waals surface area (Å²) in [7, 11) is 0. The van der Waals surface area contributed by atoms with Crippen molar-refractivity contribution in [3.63, 3.8) is 0 Å². The monoisotopic (exact) mass is 648 g/mol. The first-order valence-electron chi connectivity index (χ1n) is 18.0. The maximum absolute atomic E-state index is 7.17. The Morgan fingerprint density at radius 2 is 1.38 bits per heavy atom. The predicted molar refractivity (Wildman–Crippen MR) is 196 cm³/mol. The van der Waals surface area contributed by atoms with Crippen LogP contribution in [0.1, 0.15) is 87.4 Å². The van der Waals surface area contributed by atoms with Crippen LogP contribution in [0, 0.1) is 0 Å². The van der Waals surface area contributed by atoms with Gasteiger partial charge in [-0.25, -0.2) is 0 Å². The number of anilines is 3. The van der Waals surface area contributed by atoms with E-state index in [1.807, 2.05) is 0 Å². The van der Waals surface area contributed by atoms with E-state index in [0.717, 1.165) is 11.6 Å². The van der Waals surface area contributed by atoms with E-state index in [1.54, 1.807) is 0 Å². The quantitative estimate of drug-likeness (QED) is 0.153. The topological polar surface area (TPSA) is 25.2 Å². The lowest BCUT2D eigenvalue weighted by molar-refractivity contribution is -0.936. The zero-order valence-corrected chi connectivity index (χ0v) is 29.4. The van der Waals surface area contributed by atoms with Gasteiger partial charge in [-0.15, -0.1) is 9.13 Å². The summed E-state index contributed by atoms with van der Waals surface area (Å²) in [6.45, 7) is 16.6. The number of pyridine rings is 2. The first kappa shape index (κ1) is 26.4. The molecule has 0 fully saturated rings. The highest BCUT2D eigenvalue weighted by Gasteiger charge is 2.74. The highest BCUT2D eigenvalue weighted by atomic mass is 16.5. The molecule has 7 aromatic rings. The number of hydrogen-bond donors (Lipinski definition) is 0. The molecular weight excluding hydrogens is 613 g/mol. The second-order valence-corrected chi connectivity index (χ2v) is 17.4. The third-order valence-electron chi connectivity index (χ3n) is 13.4. The van der Waals surface area contributed by atoms with E-state index in [2.05, 4.69) is 158 Å². The lowest BCUT2D eigenvalue weighted by Gasteiger charge is -2.49. The third-order valence-corrected chi connectivity index (χ3v) is 13.4. The van der Waals surface area contributed by atoms with Crippen LogP contribution < -0.4 is 18.8 Å². The predicted octanol–water partition coefficient (Wildman–Crippen LogP) is 9.42. The number of nitrogens with zero attached hydrogens (tertiary/aromatic N) is 4. The molecule has 5 heteroatoms. The summed E-state index contributed by atoms with van der Waals surface area (Å²) in [4.78, 5) is 2.68. The number of benzene rings is 4. The van der Waals surface area contributed by atoms with Crippen molar-refractivity contribution in [2.75, 3.05) is 4.90 Å². The Morgan fingerprint density at radius 1 is 0.640 bits per heavy atom. The molecular formula is C45H36N4O+2. The molecule has 1 unspecified atom stereocenters. The molecule has 9 heterocycles. The fourth-order valence-electron chi connectivity index (χ4n) is 11.1. The molecule has 0 saturated carbocycles.